The summed E-state index contributed by atoms with van der Waals surface area (Å²) in [6.45, 7) is 0.544. The van der Waals surface area contributed by atoms with Crippen molar-refractivity contribution in [3.8, 4) is 17.2 Å². The second-order valence-corrected chi connectivity index (χ2v) is 6.83. The minimum Gasteiger partial charge on any atom is -0.497 e. The normalized spacial score (nSPS) is 10.5. The Morgan fingerprint density at radius 1 is 1.14 bits per heavy atom. The van der Waals surface area contributed by atoms with Crippen molar-refractivity contribution < 1.29 is 14.3 Å². The van der Waals surface area contributed by atoms with Gasteiger partial charge < -0.3 is 14.8 Å². The van der Waals surface area contributed by atoms with Crippen LogP contribution in [-0.2, 0) is 11.2 Å². The zero-order valence-corrected chi connectivity index (χ0v) is 16.6. The Morgan fingerprint density at radius 2 is 2.00 bits per heavy atom. The molecule has 1 amide bonds. The number of hydrogen-bond donors (Lipinski definition) is 1. The fourth-order valence-electron chi connectivity index (χ4n) is 2.69. The number of nitrogens with zero attached hydrogens (tertiary/aromatic N) is 3. The van der Waals surface area contributed by atoms with Crippen LogP contribution in [0.25, 0.3) is 5.69 Å². The Balaban J connectivity index is 1.52. The van der Waals surface area contributed by atoms with Gasteiger partial charge in [0.05, 0.1) is 25.7 Å². The van der Waals surface area contributed by atoms with Crippen LogP contribution in [0.4, 0.5) is 0 Å². The number of rotatable bonds is 9. The van der Waals surface area contributed by atoms with E-state index in [0.29, 0.717) is 18.1 Å². The third kappa shape index (κ3) is 5.04. The van der Waals surface area contributed by atoms with Crippen molar-refractivity contribution in [1.29, 1.82) is 0 Å². The number of benzene rings is 2. The highest BCUT2D eigenvalue weighted by Gasteiger charge is 2.11. The van der Waals surface area contributed by atoms with E-state index in [-0.39, 0.29) is 11.7 Å². The first-order valence-corrected chi connectivity index (χ1v) is 9.75. The summed E-state index contributed by atoms with van der Waals surface area (Å²) >= 11 is 1.34. The summed E-state index contributed by atoms with van der Waals surface area (Å²) in [5.74, 6) is 1.78. The third-order valence-electron chi connectivity index (χ3n) is 4.09. The van der Waals surface area contributed by atoms with Gasteiger partial charge in [0.15, 0.2) is 5.16 Å². The number of methoxy groups -OCH3 is 2. The number of nitrogens with one attached hydrogen (secondary N) is 1. The molecule has 1 heterocycles. The van der Waals surface area contributed by atoms with E-state index in [4.69, 9.17) is 9.47 Å². The van der Waals surface area contributed by atoms with Gasteiger partial charge in [-0.05, 0) is 30.2 Å². The molecule has 0 aliphatic heterocycles. The van der Waals surface area contributed by atoms with Gasteiger partial charge in [-0.1, -0.05) is 36.0 Å². The molecule has 0 bridgehead atoms. The maximum atomic E-state index is 12.2. The Hall–Kier alpha value is -3.00. The average molecular weight is 398 g/mol. The predicted octanol–water partition coefficient (Wildman–Crippen LogP) is 2.74. The van der Waals surface area contributed by atoms with Gasteiger partial charge in [0.1, 0.15) is 17.8 Å². The molecule has 3 rings (SSSR count). The summed E-state index contributed by atoms with van der Waals surface area (Å²) in [5, 5.41) is 11.6. The van der Waals surface area contributed by atoms with Crippen LogP contribution in [0.15, 0.2) is 60.0 Å². The highest BCUT2D eigenvalue weighted by Crippen LogP contribution is 2.22. The standard InChI is InChI=1S/C20H22N4O3S/c1-26-17-8-5-7-16(12-17)24-14-22-23-20(24)28-13-19(25)21-11-10-15-6-3-4-9-18(15)27-2/h3-9,12,14H,10-11,13H2,1-2H3,(H,21,25). The topological polar surface area (TPSA) is 78.3 Å². The van der Waals surface area contributed by atoms with Crippen LogP contribution in [0.5, 0.6) is 11.5 Å². The molecule has 0 aliphatic rings. The van der Waals surface area contributed by atoms with Gasteiger partial charge in [-0.25, -0.2) is 0 Å². The number of carbonyl (C=O) groups is 1. The molecule has 28 heavy (non-hydrogen) atoms. The zero-order valence-electron chi connectivity index (χ0n) is 15.8. The van der Waals surface area contributed by atoms with Gasteiger partial charge in [-0.2, -0.15) is 0 Å². The molecule has 8 heteroatoms. The van der Waals surface area contributed by atoms with Crippen LogP contribution in [0, 0.1) is 0 Å². The molecule has 146 valence electrons. The smallest absolute Gasteiger partial charge is 0.230 e. The van der Waals surface area contributed by atoms with Gasteiger partial charge in [-0.15, -0.1) is 10.2 Å². The van der Waals surface area contributed by atoms with E-state index in [9.17, 15) is 4.79 Å². The van der Waals surface area contributed by atoms with Crippen LogP contribution in [0.2, 0.25) is 0 Å². The summed E-state index contributed by atoms with van der Waals surface area (Å²) in [6, 6.07) is 15.4. The van der Waals surface area contributed by atoms with Crippen molar-refractivity contribution in [2.24, 2.45) is 0 Å². The van der Waals surface area contributed by atoms with Crippen molar-refractivity contribution in [2.45, 2.75) is 11.6 Å². The highest BCUT2D eigenvalue weighted by atomic mass is 32.2. The molecule has 1 aromatic heterocycles. The number of hydrogen-bond acceptors (Lipinski definition) is 6. The maximum Gasteiger partial charge on any atom is 0.230 e. The molecule has 7 nitrogen and oxygen atoms in total. The molecule has 0 unspecified atom stereocenters. The lowest BCUT2D eigenvalue weighted by Crippen LogP contribution is -2.27. The number of amides is 1. The van der Waals surface area contributed by atoms with E-state index in [2.05, 4.69) is 15.5 Å². The molecular formula is C20H22N4O3S. The first-order valence-electron chi connectivity index (χ1n) is 8.77. The maximum absolute atomic E-state index is 12.2. The van der Waals surface area contributed by atoms with E-state index in [1.165, 1.54) is 11.8 Å². The van der Waals surface area contributed by atoms with E-state index in [0.717, 1.165) is 22.7 Å². The fourth-order valence-corrected chi connectivity index (χ4v) is 3.45. The van der Waals surface area contributed by atoms with Crippen molar-refractivity contribution >= 4 is 17.7 Å². The van der Waals surface area contributed by atoms with Crippen molar-refractivity contribution in [3.63, 3.8) is 0 Å². The lowest BCUT2D eigenvalue weighted by molar-refractivity contribution is -0.118. The van der Waals surface area contributed by atoms with Gasteiger partial charge in [0, 0.05) is 12.6 Å². The summed E-state index contributed by atoms with van der Waals surface area (Å²) in [6.07, 6.45) is 2.33. The number of thioether (sulfide) groups is 1. The number of carbonyl (C=O) groups excluding carboxylic acids is 1. The molecule has 2 aromatic carbocycles. The molecule has 1 N–H and O–H groups in total. The summed E-state index contributed by atoms with van der Waals surface area (Å²) < 4.78 is 12.4. The molecule has 0 spiro atoms. The van der Waals surface area contributed by atoms with Crippen LogP contribution in [0.1, 0.15) is 5.56 Å². The molecule has 0 saturated carbocycles. The molecule has 0 fully saturated rings. The van der Waals surface area contributed by atoms with E-state index >= 15 is 0 Å². The van der Waals surface area contributed by atoms with E-state index < -0.39 is 0 Å². The van der Waals surface area contributed by atoms with Crippen LogP contribution < -0.4 is 14.8 Å². The monoisotopic (exact) mass is 398 g/mol. The van der Waals surface area contributed by atoms with Crippen molar-refractivity contribution in [1.82, 2.24) is 20.1 Å². The quantitative estimate of drug-likeness (QED) is 0.559. The summed E-state index contributed by atoms with van der Waals surface area (Å²) in [7, 11) is 3.27. The molecular weight excluding hydrogens is 376 g/mol. The van der Waals surface area contributed by atoms with Crippen molar-refractivity contribution in [3.05, 3.63) is 60.4 Å². The molecule has 0 aliphatic carbocycles. The number of aromatic nitrogens is 3. The SMILES string of the molecule is COc1cccc(-n2cnnc2SCC(=O)NCCc2ccccc2OC)c1. The minimum atomic E-state index is -0.0555. The van der Waals surface area contributed by atoms with Crippen LogP contribution in [0.3, 0.4) is 0 Å². The summed E-state index contributed by atoms with van der Waals surface area (Å²) in [4.78, 5) is 12.2. The average Bonchev–Trinajstić information content (AvgIpc) is 3.21. The Morgan fingerprint density at radius 3 is 2.82 bits per heavy atom. The lowest BCUT2D eigenvalue weighted by Gasteiger charge is -2.09. The summed E-state index contributed by atoms with van der Waals surface area (Å²) in [5.41, 5.74) is 1.94. The van der Waals surface area contributed by atoms with E-state index in [1.807, 2.05) is 53.1 Å². The fraction of sp³-hybridized carbons (Fsp3) is 0.250. The second-order valence-electron chi connectivity index (χ2n) is 5.89. The van der Waals surface area contributed by atoms with Gasteiger partial charge in [0.25, 0.3) is 0 Å². The van der Waals surface area contributed by atoms with Gasteiger partial charge in [-0.3, -0.25) is 9.36 Å². The lowest BCUT2D eigenvalue weighted by atomic mass is 10.1. The Kier molecular flexibility index (Phi) is 6.91. The van der Waals surface area contributed by atoms with Gasteiger partial charge in [0.2, 0.25) is 5.91 Å². The highest BCUT2D eigenvalue weighted by molar-refractivity contribution is 7.99. The van der Waals surface area contributed by atoms with Crippen LogP contribution >= 0.6 is 11.8 Å². The Labute approximate surface area is 168 Å². The molecule has 0 radical (unpaired) electrons. The number of para-hydroxylation sites is 1. The molecule has 3 aromatic rings. The van der Waals surface area contributed by atoms with Crippen LogP contribution in [-0.4, -0.2) is 47.2 Å². The molecule has 0 atom stereocenters. The first kappa shape index (κ1) is 19.8. The zero-order chi connectivity index (χ0) is 19.8. The third-order valence-corrected chi connectivity index (χ3v) is 5.03. The molecule has 0 saturated heterocycles. The Bertz CT molecular complexity index is 929. The largest absolute Gasteiger partial charge is 0.497 e. The number of ether oxygens (including phenoxy) is 2. The van der Waals surface area contributed by atoms with Gasteiger partial charge >= 0.3 is 0 Å². The predicted molar refractivity (Wildman–Crippen MR) is 108 cm³/mol. The minimum absolute atomic E-state index is 0.0555. The second kappa shape index (κ2) is 9.80. The first-order chi connectivity index (χ1) is 13.7. The van der Waals surface area contributed by atoms with E-state index in [1.54, 1.807) is 20.5 Å². The van der Waals surface area contributed by atoms with Crippen molar-refractivity contribution in [2.75, 3.05) is 26.5 Å².